The highest BCUT2D eigenvalue weighted by Gasteiger charge is 2.41. The van der Waals surface area contributed by atoms with Gasteiger partial charge < -0.3 is 19.5 Å². The number of nitrogens with zero attached hydrogens (tertiary/aromatic N) is 1. The van der Waals surface area contributed by atoms with E-state index in [0.29, 0.717) is 26.2 Å². The van der Waals surface area contributed by atoms with Crippen molar-refractivity contribution in [2.45, 2.75) is 31.3 Å². The summed E-state index contributed by atoms with van der Waals surface area (Å²) in [6.45, 7) is 2.80. The van der Waals surface area contributed by atoms with Gasteiger partial charge in [-0.05, 0) is 6.42 Å². The quantitative estimate of drug-likeness (QED) is 0.776. The molecule has 0 aliphatic carbocycles. The molecule has 1 N–H and O–H groups in total. The number of amides is 1. The summed E-state index contributed by atoms with van der Waals surface area (Å²) in [7, 11) is 0. The number of carbonyl (C=O) groups excluding carboxylic acids is 1. The molecule has 92 valence electrons. The fourth-order valence-electron chi connectivity index (χ4n) is 2.29. The van der Waals surface area contributed by atoms with Gasteiger partial charge in [0.05, 0.1) is 13.2 Å². The van der Waals surface area contributed by atoms with Gasteiger partial charge in [-0.3, -0.25) is 0 Å². The van der Waals surface area contributed by atoms with Gasteiger partial charge in [0.1, 0.15) is 5.60 Å². The van der Waals surface area contributed by atoms with Crippen molar-refractivity contribution in [3.8, 4) is 0 Å². The average Bonchev–Trinajstić information content (AvgIpc) is 2.29. The number of aliphatic hydroxyl groups is 1. The third-order valence-corrected chi connectivity index (χ3v) is 3.39. The van der Waals surface area contributed by atoms with Crippen LogP contribution in [0, 0.1) is 0 Å². The smallest absolute Gasteiger partial charge is 0.410 e. The van der Waals surface area contributed by atoms with Crippen LogP contribution in [0.25, 0.3) is 0 Å². The van der Waals surface area contributed by atoms with Gasteiger partial charge in [-0.1, -0.05) is 0 Å². The summed E-state index contributed by atoms with van der Waals surface area (Å²) in [5.74, 6) is 0. The van der Waals surface area contributed by atoms with Gasteiger partial charge in [-0.25, -0.2) is 4.79 Å². The minimum atomic E-state index is -0.273. The van der Waals surface area contributed by atoms with E-state index < -0.39 is 0 Å². The molecule has 2 rings (SSSR count). The summed E-state index contributed by atoms with van der Waals surface area (Å²) in [6, 6.07) is 0. The Morgan fingerprint density at radius 2 is 2.06 bits per heavy atom. The van der Waals surface area contributed by atoms with E-state index in [0.717, 1.165) is 25.8 Å². The molecule has 0 saturated carbocycles. The lowest BCUT2D eigenvalue weighted by molar-refractivity contribution is -0.105. The van der Waals surface area contributed by atoms with Gasteiger partial charge >= 0.3 is 6.09 Å². The molecule has 0 aromatic carbocycles. The lowest BCUT2D eigenvalue weighted by atomic mass is 9.89. The molecule has 0 radical (unpaired) electrons. The second-order valence-corrected chi connectivity index (χ2v) is 4.48. The van der Waals surface area contributed by atoms with Crippen molar-refractivity contribution in [1.29, 1.82) is 0 Å². The van der Waals surface area contributed by atoms with Crippen molar-refractivity contribution in [1.82, 2.24) is 4.90 Å². The van der Waals surface area contributed by atoms with E-state index in [2.05, 4.69) is 0 Å². The van der Waals surface area contributed by atoms with Crippen molar-refractivity contribution in [2.75, 3.05) is 32.9 Å². The Kier molecular flexibility index (Phi) is 3.66. The molecule has 5 heteroatoms. The number of rotatable bonds is 3. The van der Waals surface area contributed by atoms with Crippen LogP contribution in [0.5, 0.6) is 0 Å². The number of aliphatic hydroxyl groups excluding tert-OH is 1. The first-order valence-electron chi connectivity index (χ1n) is 5.92. The van der Waals surface area contributed by atoms with E-state index >= 15 is 0 Å². The van der Waals surface area contributed by atoms with Crippen LogP contribution in [0.15, 0.2) is 0 Å². The SMILES string of the molecule is O=C1OC2(CCOCC2)CCN1CCCO. The molecule has 2 aliphatic rings. The molecule has 2 aliphatic heterocycles. The fraction of sp³-hybridized carbons (Fsp3) is 0.909. The third-order valence-electron chi connectivity index (χ3n) is 3.39. The first kappa shape index (κ1) is 11.7. The Balaban J connectivity index is 1.88. The van der Waals surface area contributed by atoms with Crippen LogP contribution in [0.3, 0.4) is 0 Å². The van der Waals surface area contributed by atoms with Crippen molar-refractivity contribution < 1.29 is 19.4 Å². The van der Waals surface area contributed by atoms with E-state index in [-0.39, 0.29) is 18.3 Å². The maximum absolute atomic E-state index is 11.8. The molecule has 0 atom stereocenters. The zero-order valence-corrected chi connectivity index (χ0v) is 9.48. The lowest BCUT2D eigenvalue weighted by Crippen LogP contribution is -2.52. The molecule has 2 saturated heterocycles. The minimum absolute atomic E-state index is 0.114. The topological polar surface area (TPSA) is 59.0 Å². The van der Waals surface area contributed by atoms with Crippen LogP contribution in [0.4, 0.5) is 4.79 Å². The Bertz CT molecular complexity index is 250. The highest BCUT2D eigenvalue weighted by atomic mass is 16.6. The Morgan fingerprint density at radius 3 is 2.69 bits per heavy atom. The fourth-order valence-corrected chi connectivity index (χ4v) is 2.29. The Labute approximate surface area is 95.3 Å². The number of carbonyl (C=O) groups is 1. The van der Waals surface area contributed by atoms with Crippen molar-refractivity contribution in [2.24, 2.45) is 0 Å². The van der Waals surface area contributed by atoms with Gasteiger partial charge in [0.15, 0.2) is 0 Å². The van der Waals surface area contributed by atoms with Crippen molar-refractivity contribution in [3.05, 3.63) is 0 Å². The highest BCUT2D eigenvalue weighted by Crippen LogP contribution is 2.32. The van der Waals surface area contributed by atoms with Crippen LogP contribution < -0.4 is 0 Å². The Morgan fingerprint density at radius 1 is 1.31 bits per heavy atom. The molecule has 0 unspecified atom stereocenters. The van der Waals surface area contributed by atoms with Gasteiger partial charge in [0, 0.05) is 39.0 Å². The summed E-state index contributed by atoms with van der Waals surface area (Å²) >= 11 is 0. The number of hydrogen-bond donors (Lipinski definition) is 1. The van der Waals surface area contributed by atoms with Crippen LogP contribution in [-0.2, 0) is 9.47 Å². The molecule has 1 amide bonds. The van der Waals surface area contributed by atoms with Gasteiger partial charge in [-0.15, -0.1) is 0 Å². The van der Waals surface area contributed by atoms with E-state index in [1.165, 1.54) is 0 Å². The predicted octanol–water partition coefficient (Wildman–Crippen LogP) is 0.760. The van der Waals surface area contributed by atoms with Crippen LogP contribution in [-0.4, -0.2) is 54.6 Å². The molecule has 0 aromatic rings. The van der Waals surface area contributed by atoms with Crippen molar-refractivity contribution >= 4 is 6.09 Å². The van der Waals surface area contributed by atoms with Gasteiger partial charge in [0.25, 0.3) is 0 Å². The van der Waals surface area contributed by atoms with Gasteiger partial charge in [-0.2, -0.15) is 0 Å². The Hall–Kier alpha value is -0.810. The summed E-state index contributed by atoms with van der Waals surface area (Å²) in [4.78, 5) is 13.4. The van der Waals surface area contributed by atoms with Crippen LogP contribution in [0.2, 0.25) is 0 Å². The second-order valence-electron chi connectivity index (χ2n) is 4.48. The average molecular weight is 229 g/mol. The lowest BCUT2D eigenvalue weighted by Gasteiger charge is -2.43. The summed E-state index contributed by atoms with van der Waals surface area (Å²) < 4.78 is 10.8. The highest BCUT2D eigenvalue weighted by molar-refractivity contribution is 5.69. The molecule has 0 aromatic heterocycles. The summed E-state index contributed by atoms with van der Waals surface area (Å²) in [5, 5.41) is 8.73. The molecular formula is C11H19NO4. The predicted molar refractivity (Wildman–Crippen MR) is 57.2 cm³/mol. The van der Waals surface area contributed by atoms with E-state index in [1.54, 1.807) is 4.90 Å². The summed E-state index contributed by atoms with van der Waals surface area (Å²) in [5.41, 5.74) is -0.273. The van der Waals surface area contributed by atoms with Crippen LogP contribution >= 0.6 is 0 Å². The van der Waals surface area contributed by atoms with Crippen LogP contribution in [0.1, 0.15) is 25.7 Å². The first-order chi connectivity index (χ1) is 7.76. The standard InChI is InChI=1S/C11H19NO4/c13-7-1-5-12-6-2-11(16-10(12)14)3-8-15-9-4-11/h13H,1-9H2. The third kappa shape index (κ3) is 2.47. The molecular weight excluding hydrogens is 210 g/mol. The van der Waals surface area contributed by atoms with E-state index in [9.17, 15) is 4.79 Å². The molecule has 16 heavy (non-hydrogen) atoms. The largest absolute Gasteiger partial charge is 0.443 e. The molecule has 0 bridgehead atoms. The maximum atomic E-state index is 11.8. The molecule has 2 fully saturated rings. The zero-order chi connectivity index (χ0) is 11.4. The van der Waals surface area contributed by atoms with E-state index in [4.69, 9.17) is 14.6 Å². The molecule has 2 heterocycles. The molecule has 1 spiro atoms. The normalized spacial score (nSPS) is 24.6. The molecule has 5 nitrogen and oxygen atoms in total. The van der Waals surface area contributed by atoms with Gasteiger partial charge in [0.2, 0.25) is 0 Å². The maximum Gasteiger partial charge on any atom is 0.410 e. The number of ether oxygens (including phenoxy) is 2. The summed E-state index contributed by atoms with van der Waals surface area (Å²) in [6.07, 6.45) is 2.89. The monoisotopic (exact) mass is 229 g/mol. The minimum Gasteiger partial charge on any atom is -0.443 e. The number of hydrogen-bond acceptors (Lipinski definition) is 4. The zero-order valence-electron chi connectivity index (χ0n) is 9.48. The van der Waals surface area contributed by atoms with Crippen molar-refractivity contribution in [3.63, 3.8) is 0 Å². The second kappa shape index (κ2) is 5.01. The first-order valence-corrected chi connectivity index (χ1v) is 5.92. The van der Waals surface area contributed by atoms with E-state index in [1.807, 2.05) is 0 Å².